The van der Waals surface area contributed by atoms with Crippen LogP contribution in [0.15, 0.2) is 75.4 Å². The molecule has 0 saturated heterocycles. The van der Waals surface area contributed by atoms with Gasteiger partial charge in [-0.25, -0.2) is 13.2 Å². The van der Waals surface area contributed by atoms with Gasteiger partial charge in [-0.3, -0.25) is 0 Å². The van der Waals surface area contributed by atoms with E-state index >= 15 is 0 Å². The van der Waals surface area contributed by atoms with Gasteiger partial charge in [0, 0.05) is 27.2 Å². The average molecular weight is 553 g/mol. The number of hydrogen-bond acceptors (Lipinski definition) is 7. The molecule has 6 nitrogen and oxygen atoms in total. The summed E-state index contributed by atoms with van der Waals surface area (Å²) in [4.78, 5) is 13.8. The van der Waals surface area contributed by atoms with Gasteiger partial charge in [-0.05, 0) is 86.0 Å². The summed E-state index contributed by atoms with van der Waals surface area (Å²) in [5.41, 5.74) is 2.41. The fourth-order valence-electron chi connectivity index (χ4n) is 3.30. The summed E-state index contributed by atoms with van der Waals surface area (Å²) in [7, 11) is -3.25. The van der Waals surface area contributed by atoms with Gasteiger partial charge in [-0.2, -0.15) is 0 Å². The van der Waals surface area contributed by atoms with Crippen LogP contribution in [-0.2, 0) is 19.4 Å². The van der Waals surface area contributed by atoms with Crippen molar-refractivity contribution in [3.05, 3.63) is 77.4 Å². The Morgan fingerprint density at radius 3 is 2.26 bits per heavy atom. The molecule has 200 valence electrons. The second-order valence-electron chi connectivity index (χ2n) is 9.07. The molecule has 3 rings (SSSR count). The number of esters is 1. The van der Waals surface area contributed by atoms with Crippen molar-refractivity contribution in [1.82, 2.24) is 0 Å². The zero-order valence-corrected chi connectivity index (χ0v) is 23.9. The maximum atomic E-state index is 11.7. The molecule has 0 atom stereocenters. The Morgan fingerprint density at radius 1 is 0.921 bits per heavy atom. The largest absolute Gasteiger partial charge is 0.493 e. The normalized spacial score (nSPS) is 11.0. The Bertz CT molecular complexity index is 1430. The van der Waals surface area contributed by atoms with Crippen molar-refractivity contribution in [2.24, 2.45) is 5.92 Å². The van der Waals surface area contributed by atoms with Crippen molar-refractivity contribution in [3.8, 4) is 23.3 Å². The third kappa shape index (κ3) is 9.16. The molecule has 0 radical (unpaired) electrons. The van der Waals surface area contributed by atoms with Gasteiger partial charge in [0.1, 0.15) is 11.5 Å². The van der Waals surface area contributed by atoms with E-state index in [4.69, 9.17) is 14.2 Å². The molecule has 0 aliphatic carbocycles. The number of rotatable bonds is 10. The fourth-order valence-corrected chi connectivity index (χ4v) is 4.94. The Balaban J connectivity index is 1.82. The second kappa shape index (κ2) is 13.4. The zero-order chi connectivity index (χ0) is 27.7. The van der Waals surface area contributed by atoms with Gasteiger partial charge < -0.3 is 14.2 Å². The standard InChI is InChI=1S/C30H32O6S2/c1-6-34-30(31)20-36-29-14-11-26(15-22(29)4)37-27-17-24(16-25(18-27)35-19-21(2)3)8-7-23-9-12-28(13-10-23)38(5,32)33/h9-18,21H,6,19-20H2,1-5H3. The van der Waals surface area contributed by atoms with Gasteiger partial charge in [-0.15, -0.1) is 0 Å². The number of sulfone groups is 1. The van der Waals surface area contributed by atoms with Gasteiger partial charge in [-0.1, -0.05) is 37.5 Å². The lowest BCUT2D eigenvalue weighted by atomic mass is 10.1. The molecule has 3 aromatic rings. The van der Waals surface area contributed by atoms with E-state index in [1.807, 2.05) is 43.3 Å². The van der Waals surface area contributed by atoms with E-state index in [9.17, 15) is 13.2 Å². The Labute approximate surface area is 229 Å². The summed E-state index contributed by atoms with van der Waals surface area (Å²) in [5.74, 6) is 7.61. The number of benzene rings is 3. The monoisotopic (exact) mass is 552 g/mol. The number of aryl methyl sites for hydroxylation is 1. The van der Waals surface area contributed by atoms with Crippen LogP contribution in [0.1, 0.15) is 37.5 Å². The van der Waals surface area contributed by atoms with Crippen molar-refractivity contribution in [1.29, 1.82) is 0 Å². The molecular weight excluding hydrogens is 520 g/mol. The second-order valence-corrected chi connectivity index (χ2v) is 12.2. The predicted molar refractivity (Wildman–Crippen MR) is 150 cm³/mol. The Kier molecular flexibility index (Phi) is 10.3. The molecule has 0 fully saturated rings. The number of hydrogen-bond donors (Lipinski definition) is 0. The zero-order valence-electron chi connectivity index (χ0n) is 22.2. The lowest BCUT2D eigenvalue weighted by molar-refractivity contribution is -0.145. The van der Waals surface area contributed by atoms with Gasteiger partial charge in [0.25, 0.3) is 0 Å². The number of carbonyl (C=O) groups is 1. The SMILES string of the molecule is CCOC(=O)COc1ccc(Sc2cc(C#Cc3ccc(S(C)(=O)=O)cc3)cc(OCC(C)C)c2)cc1C. The smallest absolute Gasteiger partial charge is 0.344 e. The van der Waals surface area contributed by atoms with Crippen molar-refractivity contribution in [2.45, 2.75) is 42.4 Å². The van der Waals surface area contributed by atoms with Crippen LogP contribution in [0.5, 0.6) is 11.5 Å². The van der Waals surface area contributed by atoms with E-state index in [-0.39, 0.29) is 11.5 Å². The molecule has 3 aromatic carbocycles. The van der Waals surface area contributed by atoms with E-state index in [1.54, 1.807) is 43.0 Å². The van der Waals surface area contributed by atoms with Crippen LogP contribution in [0.3, 0.4) is 0 Å². The molecule has 0 aromatic heterocycles. The van der Waals surface area contributed by atoms with E-state index in [2.05, 4.69) is 25.7 Å². The minimum absolute atomic E-state index is 0.130. The maximum Gasteiger partial charge on any atom is 0.344 e. The first-order valence-corrected chi connectivity index (χ1v) is 14.9. The highest BCUT2D eigenvalue weighted by molar-refractivity contribution is 7.99. The molecule has 0 aliphatic heterocycles. The van der Waals surface area contributed by atoms with E-state index < -0.39 is 15.8 Å². The lowest BCUT2D eigenvalue weighted by Crippen LogP contribution is -2.14. The molecule has 0 spiro atoms. The molecule has 0 heterocycles. The first kappa shape index (κ1) is 29.2. The van der Waals surface area contributed by atoms with Crippen molar-refractivity contribution in [2.75, 3.05) is 26.1 Å². The topological polar surface area (TPSA) is 78.9 Å². The lowest BCUT2D eigenvalue weighted by Gasteiger charge is -2.12. The summed E-state index contributed by atoms with van der Waals surface area (Å²) in [6.45, 7) is 8.64. The fraction of sp³-hybridized carbons (Fsp3) is 0.300. The highest BCUT2D eigenvalue weighted by Crippen LogP contribution is 2.34. The first-order valence-electron chi connectivity index (χ1n) is 12.2. The van der Waals surface area contributed by atoms with E-state index in [0.717, 1.165) is 26.7 Å². The Morgan fingerprint density at radius 2 is 1.63 bits per heavy atom. The highest BCUT2D eigenvalue weighted by atomic mass is 32.2. The molecule has 0 amide bonds. The summed E-state index contributed by atoms with van der Waals surface area (Å²) in [6.07, 6.45) is 1.18. The highest BCUT2D eigenvalue weighted by Gasteiger charge is 2.09. The molecule has 8 heteroatoms. The molecule has 0 aliphatic rings. The first-order chi connectivity index (χ1) is 18.0. The van der Waals surface area contributed by atoms with Gasteiger partial charge in [0.15, 0.2) is 16.4 Å². The summed E-state index contributed by atoms with van der Waals surface area (Å²) >= 11 is 1.57. The molecule has 0 unspecified atom stereocenters. The molecule has 0 saturated carbocycles. The minimum Gasteiger partial charge on any atom is -0.493 e. The van der Waals surface area contributed by atoms with Crippen molar-refractivity contribution >= 4 is 27.6 Å². The third-order valence-corrected chi connectivity index (χ3v) is 7.22. The quantitative estimate of drug-likeness (QED) is 0.228. The number of carbonyl (C=O) groups excluding carboxylic acids is 1. The van der Waals surface area contributed by atoms with Crippen LogP contribution in [0.4, 0.5) is 0 Å². The summed E-state index contributed by atoms with van der Waals surface area (Å²) in [5, 5.41) is 0. The van der Waals surface area contributed by atoms with Crippen LogP contribution >= 0.6 is 11.8 Å². The molecule has 38 heavy (non-hydrogen) atoms. The predicted octanol–water partition coefficient (Wildman–Crippen LogP) is 5.93. The van der Waals surface area contributed by atoms with Crippen LogP contribution in [-0.4, -0.2) is 40.5 Å². The van der Waals surface area contributed by atoms with Crippen LogP contribution in [0.25, 0.3) is 0 Å². The van der Waals surface area contributed by atoms with Crippen molar-refractivity contribution < 1.29 is 27.4 Å². The van der Waals surface area contributed by atoms with Crippen LogP contribution < -0.4 is 9.47 Å². The Hall–Kier alpha value is -3.41. The summed E-state index contributed by atoms with van der Waals surface area (Å²) in [6, 6.07) is 18.2. The molecule has 0 bridgehead atoms. The van der Waals surface area contributed by atoms with E-state index in [0.29, 0.717) is 30.4 Å². The van der Waals surface area contributed by atoms with Gasteiger partial charge >= 0.3 is 5.97 Å². The average Bonchev–Trinajstić information content (AvgIpc) is 2.85. The van der Waals surface area contributed by atoms with Gasteiger partial charge in [0.05, 0.1) is 18.1 Å². The maximum absolute atomic E-state index is 11.7. The minimum atomic E-state index is -3.25. The van der Waals surface area contributed by atoms with Crippen LogP contribution in [0, 0.1) is 24.7 Å². The molecular formula is C30H32O6S2. The number of ether oxygens (including phenoxy) is 3. The van der Waals surface area contributed by atoms with Gasteiger partial charge in [0.2, 0.25) is 0 Å². The van der Waals surface area contributed by atoms with E-state index in [1.165, 1.54) is 6.26 Å². The third-order valence-electron chi connectivity index (χ3n) is 5.13. The summed E-state index contributed by atoms with van der Waals surface area (Å²) < 4.78 is 39.9. The van der Waals surface area contributed by atoms with Crippen molar-refractivity contribution in [3.63, 3.8) is 0 Å². The van der Waals surface area contributed by atoms with Crippen LogP contribution in [0.2, 0.25) is 0 Å². The molecule has 0 N–H and O–H groups in total.